The van der Waals surface area contributed by atoms with E-state index < -0.39 is 0 Å². The van der Waals surface area contributed by atoms with Crippen LogP contribution in [0.4, 0.5) is 5.82 Å². The molecule has 1 aliphatic rings. The maximum absolute atomic E-state index is 4.72. The minimum atomic E-state index is 0.777. The third kappa shape index (κ3) is 4.20. The molecule has 0 aromatic carbocycles. The number of hydrogen-bond donors (Lipinski definition) is 1. The third-order valence-corrected chi connectivity index (χ3v) is 3.98. The van der Waals surface area contributed by atoms with Gasteiger partial charge in [-0.1, -0.05) is 32.8 Å². The maximum Gasteiger partial charge on any atom is 0.126 e. The van der Waals surface area contributed by atoms with Crippen molar-refractivity contribution in [2.24, 2.45) is 0 Å². The third-order valence-electron chi connectivity index (χ3n) is 3.98. The molecule has 1 aromatic heterocycles. The molecule has 1 aliphatic carbocycles. The van der Waals surface area contributed by atoms with Crippen LogP contribution in [0.5, 0.6) is 0 Å². The molecule has 0 amide bonds. The number of aromatic nitrogens is 1. The highest BCUT2D eigenvalue weighted by atomic mass is 15.2. The molecular weight excluding hydrogens is 234 g/mol. The lowest BCUT2D eigenvalue weighted by atomic mass is 10.2. The molecule has 1 fully saturated rings. The van der Waals surface area contributed by atoms with Crippen molar-refractivity contribution in [3.05, 3.63) is 23.9 Å². The summed E-state index contributed by atoms with van der Waals surface area (Å²) in [5.41, 5.74) is 1.19. The van der Waals surface area contributed by atoms with Gasteiger partial charge >= 0.3 is 0 Å². The van der Waals surface area contributed by atoms with Crippen LogP contribution < -0.4 is 5.32 Å². The van der Waals surface area contributed by atoms with Gasteiger partial charge in [0.05, 0.1) is 5.69 Å². The standard InChI is InChI=1S/C16H27N3/c1-3-12-17-16-11-7-8-14(18-16)13-19(4-2)15-9-5-6-10-15/h7-8,11,15H,3-6,9-10,12-13H2,1-2H3,(H,17,18). The van der Waals surface area contributed by atoms with E-state index in [9.17, 15) is 0 Å². The molecule has 0 saturated heterocycles. The fraction of sp³-hybridized carbons (Fsp3) is 0.688. The molecule has 0 atom stereocenters. The Kier molecular flexibility index (Phi) is 5.64. The topological polar surface area (TPSA) is 28.2 Å². The molecule has 1 saturated carbocycles. The van der Waals surface area contributed by atoms with Gasteiger partial charge in [-0.25, -0.2) is 4.98 Å². The van der Waals surface area contributed by atoms with Crippen LogP contribution >= 0.6 is 0 Å². The molecule has 0 radical (unpaired) electrons. The predicted molar refractivity (Wildman–Crippen MR) is 81.4 cm³/mol. The van der Waals surface area contributed by atoms with E-state index in [4.69, 9.17) is 4.98 Å². The normalized spacial score (nSPS) is 16.2. The predicted octanol–water partition coefficient (Wildman–Crippen LogP) is 3.67. The van der Waals surface area contributed by atoms with E-state index in [1.807, 2.05) is 0 Å². The number of nitrogens with zero attached hydrogens (tertiary/aromatic N) is 2. The van der Waals surface area contributed by atoms with Gasteiger partial charge in [-0.15, -0.1) is 0 Å². The Morgan fingerprint density at radius 3 is 2.74 bits per heavy atom. The van der Waals surface area contributed by atoms with Crippen molar-refractivity contribution in [3.63, 3.8) is 0 Å². The summed E-state index contributed by atoms with van der Waals surface area (Å²) in [5.74, 6) is 1.02. The first-order valence-corrected chi connectivity index (χ1v) is 7.77. The molecule has 0 bridgehead atoms. The van der Waals surface area contributed by atoms with Crippen LogP contribution in [0.25, 0.3) is 0 Å². The highest BCUT2D eigenvalue weighted by Crippen LogP contribution is 2.24. The van der Waals surface area contributed by atoms with Crippen LogP contribution in [0.2, 0.25) is 0 Å². The van der Waals surface area contributed by atoms with Crippen LogP contribution in [0.1, 0.15) is 51.6 Å². The van der Waals surface area contributed by atoms with Gasteiger partial charge in [0.15, 0.2) is 0 Å². The Hall–Kier alpha value is -1.09. The van der Waals surface area contributed by atoms with Crippen molar-refractivity contribution in [3.8, 4) is 0 Å². The van der Waals surface area contributed by atoms with E-state index in [0.717, 1.165) is 37.9 Å². The van der Waals surface area contributed by atoms with Crippen LogP contribution in [-0.2, 0) is 6.54 Å². The molecule has 0 unspecified atom stereocenters. The summed E-state index contributed by atoms with van der Waals surface area (Å²) in [5, 5.41) is 3.37. The summed E-state index contributed by atoms with van der Waals surface area (Å²) in [6.07, 6.45) is 6.65. The summed E-state index contributed by atoms with van der Waals surface area (Å²) in [6.45, 7) is 7.55. The minimum Gasteiger partial charge on any atom is -0.370 e. The summed E-state index contributed by atoms with van der Waals surface area (Å²) in [6, 6.07) is 7.10. The Bertz CT molecular complexity index is 372. The number of nitrogens with one attached hydrogen (secondary N) is 1. The Morgan fingerprint density at radius 2 is 2.05 bits per heavy atom. The zero-order chi connectivity index (χ0) is 13.5. The molecule has 0 spiro atoms. The van der Waals surface area contributed by atoms with Crippen molar-refractivity contribution >= 4 is 5.82 Å². The average molecular weight is 261 g/mol. The van der Waals surface area contributed by atoms with Crippen LogP contribution in [0.3, 0.4) is 0 Å². The van der Waals surface area contributed by atoms with Gasteiger partial charge in [0.25, 0.3) is 0 Å². The molecule has 2 rings (SSSR count). The zero-order valence-corrected chi connectivity index (χ0v) is 12.4. The van der Waals surface area contributed by atoms with E-state index in [1.54, 1.807) is 0 Å². The molecule has 3 nitrogen and oxygen atoms in total. The van der Waals surface area contributed by atoms with E-state index in [2.05, 4.69) is 42.3 Å². The van der Waals surface area contributed by atoms with Crippen molar-refractivity contribution in [1.82, 2.24) is 9.88 Å². The van der Waals surface area contributed by atoms with E-state index >= 15 is 0 Å². The Balaban J connectivity index is 1.96. The highest BCUT2D eigenvalue weighted by molar-refractivity contribution is 5.35. The maximum atomic E-state index is 4.72. The zero-order valence-electron chi connectivity index (χ0n) is 12.4. The van der Waals surface area contributed by atoms with Crippen molar-refractivity contribution < 1.29 is 0 Å². The molecule has 1 aromatic rings. The summed E-state index contributed by atoms with van der Waals surface area (Å²) >= 11 is 0. The first-order valence-electron chi connectivity index (χ1n) is 7.77. The molecule has 0 aliphatic heterocycles. The van der Waals surface area contributed by atoms with Crippen LogP contribution in [0, 0.1) is 0 Å². The van der Waals surface area contributed by atoms with Crippen LogP contribution in [0.15, 0.2) is 18.2 Å². The monoisotopic (exact) mass is 261 g/mol. The smallest absolute Gasteiger partial charge is 0.126 e. The van der Waals surface area contributed by atoms with Crippen molar-refractivity contribution in [2.75, 3.05) is 18.4 Å². The SMILES string of the molecule is CCCNc1cccc(CN(CC)C2CCCC2)n1. The summed E-state index contributed by atoms with van der Waals surface area (Å²) in [7, 11) is 0. The lowest BCUT2D eigenvalue weighted by molar-refractivity contribution is 0.198. The second-order valence-electron chi connectivity index (χ2n) is 5.44. The van der Waals surface area contributed by atoms with Gasteiger partial charge < -0.3 is 5.32 Å². The number of rotatable bonds is 7. The van der Waals surface area contributed by atoms with Gasteiger partial charge in [0.1, 0.15) is 5.82 Å². The van der Waals surface area contributed by atoms with Crippen molar-refractivity contribution in [2.45, 2.75) is 58.5 Å². The second kappa shape index (κ2) is 7.49. The molecule has 1 heterocycles. The summed E-state index contributed by atoms with van der Waals surface area (Å²) in [4.78, 5) is 7.30. The fourth-order valence-electron chi connectivity index (χ4n) is 2.90. The molecule has 19 heavy (non-hydrogen) atoms. The molecule has 106 valence electrons. The molecule has 3 heteroatoms. The first kappa shape index (κ1) is 14.3. The van der Waals surface area contributed by atoms with E-state index in [-0.39, 0.29) is 0 Å². The first-order chi connectivity index (χ1) is 9.33. The summed E-state index contributed by atoms with van der Waals surface area (Å²) < 4.78 is 0. The number of hydrogen-bond acceptors (Lipinski definition) is 3. The average Bonchev–Trinajstić information content (AvgIpc) is 2.97. The Labute approximate surface area is 117 Å². The number of anilines is 1. The lowest BCUT2D eigenvalue weighted by Crippen LogP contribution is -2.32. The lowest BCUT2D eigenvalue weighted by Gasteiger charge is -2.27. The quantitative estimate of drug-likeness (QED) is 0.811. The highest BCUT2D eigenvalue weighted by Gasteiger charge is 2.21. The van der Waals surface area contributed by atoms with E-state index in [1.165, 1.54) is 31.4 Å². The van der Waals surface area contributed by atoms with Gasteiger partial charge in [-0.2, -0.15) is 0 Å². The second-order valence-corrected chi connectivity index (χ2v) is 5.44. The largest absolute Gasteiger partial charge is 0.370 e. The van der Waals surface area contributed by atoms with Gasteiger partial charge in [-0.05, 0) is 37.9 Å². The molecular formula is C16H27N3. The van der Waals surface area contributed by atoms with E-state index in [0.29, 0.717) is 0 Å². The Morgan fingerprint density at radius 1 is 1.26 bits per heavy atom. The van der Waals surface area contributed by atoms with Gasteiger partial charge in [-0.3, -0.25) is 4.90 Å². The fourth-order valence-corrected chi connectivity index (χ4v) is 2.90. The van der Waals surface area contributed by atoms with Crippen LogP contribution in [-0.4, -0.2) is 29.0 Å². The number of pyridine rings is 1. The van der Waals surface area contributed by atoms with Gasteiger partial charge in [0.2, 0.25) is 0 Å². The van der Waals surface area contributed by atoms with Crippen molar-refractivity contribution in [1.29, 1.82) is 0 Å². The minimum absolute atomic E-state index is 0.777. The molecule has 1 N–H and O–H groups in total. The van der Waals surface area contributed by atoms with Gasteiger partial charge in [0, 0.05) is 19.1 Å².